The lowest BCUT2D eigenvalue weighted by Crippen LogP contribution is -2.18. The van der Waals surface area contributed by atoms with Crippen molar-refractivity contribution in [3.63, 3.8) is 0 Å². The summed E-state index contributed by atoms with van der Waals surface area (Å²) in [6.45, 7) is 6.40. The highest BCUT2D eigenvalue weighted by molar-refractivity contribution is 9.10. The molecule has 76 valence electrons. The van der Waals surface area contributed by atoms with Crippen molar-refractivity contribution in [1.29, 1.82) is 0 Å². The maximum Gasteiger partial charge on any atom is 0.137 e. The van der Waals surface area contributed by atoms with Gasteiger partial charge in [-0.1, -0.05) is 12.1 Å². The predicted molar refractivity (Wildman–Crippen MR) is 60.7 cm³/mol. The largest absolute Gasteiger partial charge is 0.307 e. The van der Waals surface area contributed by atoms with Gasteiger partial charge in [0.25, 0.3) is 0 Å². The van der Waals surface area contributed by atoms with E-state index in [0.29, 0.717) is 4.47 Å². The molecule has 0 aliphatic carbocycles. The fourth-order valence-electron chi connectivity index (χ4n) is 1.16. The summed E-state index contributed by atoms with van der Waals surface area (Å²) in [5, 5.41) is 3.23. The zero-order valence-electron chi connectivity index (χ0n) is 8.06. The average Bonchev–Trinajstić information content (AvgIpc) is 2.18. The molecule has 0 aliphatic heterocycles. The summed E-state index contributed by atoms with van der Waals surface area (Å²) in [7, 11) is 0. The van der Waals surface area contributed by atoms with Crippen LogP contribution in [0, 0.1) is 5.82 Å². The van der Waals surface area contributed by atoms with Crippen molar-refractivity contribution in [3.8, 4) is 0 Å². The minimum Gasteiger partial charge on any atom is -0.307 e. The van der Waals surface area contributed by atoms with Crippen LogP contribution in [0.5, 0.6) is 0 Å². The number of benzene rings is 1. The van der Waals surface area contributed by atoms with Gasteiger partial charge in [0.15, 0.2) is 0 Å². The van der Waals surface area contributed by atoms with Crippen LogP contribution < -0.4 is 5.32 Å². The first kappa shape index (κ1) is 11.4. The minimum atomic E-state index is -0.232. The molecule has 1 aromatic carbocycles. The van der Waals surface area contributed by atoms with Crippen molar-refractivity contribution in [1.82, 2.24) is 5.32 Å². The van der Waals surface area contributed by atoms with E-state index in [1.807, 2.05) is 6.92 Å². The van der Waals surface area contributed by atoms with Gasteiger partial charge in [-0.3, -0.25) is 0 Å². The summed E-state index contributed by atoms with van der Waals surface area (Å²) in [6.07, 6.45) is 1.80. The molecule has 0 spiro atoms. The lowest BCUT2D eigenvalue weighted by molar-refractivity contribution is 0.602. The summed E-state index contributed by atoms with van der Waals surface area (Å²) in [5.41, 5.74) is 1.06. The lowest BCUT2D eigenvalue weighted by atomic mass is 10.1. The Morgan fingerprint density at radius 2 is 2.36 bits per heavy atom. The normalized spacial score (nSPS) is 12.5. The van der Waals surface area contributed by atoms with Crippen molar-refractivity contribution in [2.45, 2.75) is 13.0 Å². The van der Waals surface area contributed by atoms with Crippen LogP contribution in [0.4, 0.5) is 4.39 Å². The van der Waals surface area contributed by atoms with E-state index in [2.05, 4.69) is 27.8 Å². The van der Waals surface area contributed by atoms with Gasteiger partial charge >= 0.3 is 0 Å². The third-order valence-electron chi connectivity index (χ3n) is 2.01. The number of hydrogen-bond acceptors (Lipinski definition) is 1. The molecule has 0 bridgehead atoms. The number of nitrogens with one attached hydrogen (secondary N) is 1. The molecular weight excluding hydrogens is 245 g/mol. The molecule has 0 amide bonds. The van der Waals surface area contributed by atoms with Crippen LogP contribution in [0.2, 0.25) is 0 Å². The molecule has 0 aliphatic rings. The summed E-state index contributed by atoms with van der Waals surface area (Å²) >= 11 is 3.16. The van der Waals surface area contributed by atoms with E-state index in [-0.39, 0.29) is 11.9 Å². The third kappa shape index (κ3) is 2.93. The third-order valence-corrected chi connectivity index (χ3v) is 2.62. The van der Waals surface area contributed by atoms with Crippen molar-refractivity contribution >= 4 is 15.9 Å². The molecule has 0 aromatic heterocycles. The highest BCUT2D eigenvalue weighted by atomic mass is 79.9. The second-order valence-corrected chi connectivity index (χ2v) is 3.95. The van der Waals surface area contributed by atoms with E-state index >= 15 is 0 Å². The van der Waals surface area contributed by atoms with Crippen LogP contribution in [-0.4, -0.2) is 6.54 Å². The minimum absolute atomic E-state index is 0.199. The Balaban J connectivity index is 2.75. The van der Waals surface area contributed by atoms with Gasteiger partial charge in [-0.25, -0.2) is 4.39 Å². The summed E-state index contributed by atoms with van der Waals surface area (Å²) < 4.78 is 13.4. The fourth-order valence-corrected chi connectivity index (χ4v) is 1.56. The van der Waals surface area contributed by atoms with Gasteiger partial charge in [0.1, 0.15) is 5.82 Å². The molecule has 0 saturated carbocycles. The van der Waals surface area contributed by atoms with Crippen LogP contribution in [0.3, 0.4) is 0 Å². The fraction of sp³-hybridized carbons (Fsp3) is 0.273. The topological polar surface area (TPSA) is 12.0 Å². The molecule has 14 heavy (non-hydrogen) atoms. The summed E-state index contributed by atoms with van der Waals surface area (Å²) in [5.74, 6) is -0.232. The Kier molecular flexibility index (Phi) is 4.29. The molecule has 0 radical (unpaired) electrons. The van der Waals surface area contributed by atoms with Crippen molar-refractivity contribution in [3.05, 3.63) is 46.7 Å². The summed E-state index contributed by atoms with van der Waals surface area (Å²) in [4.78, 5) is 0. The zero-order chi connectivity index (χ0) is 10.6. The van der Waals surface area contributed by atoms with Gasteiger partial charge in [-0.15, -0.1) is 6.58 Å². The Morgan fingerprint density at radius 3 is 2.93 bits per heavy atom. The quantitative estimate of drug-likeness (QED) is 0.816. The van der Waals surface area contributed by atoms with Gasteiger partial charge in [-0.2, -0.15) is 0 Å². The van der Waals surface area contributed by atoms with Crippen LogP contribution in [0.25, 0.3) is 0 Å². The Morgan fingerprint density at radius 1 is 1.64 bits per heavy atom. The van der Waals surface area contributed by atoms with Crippen molar-refractivity contribution in [2.75, 3.05) is 6.54 Å². The second-order valence-electron chi connectivity index (χ2n) is 3.09. The van der Waals surface area contributed by atoms with Crippen molar-refractivity contribution < 1.29 is 4.39 Å². The van der Waals surface area contributed by atoms with E-state index < -0.39 is 0 Å². The molecule has 0 fully saturated rings. The Hall–Kier alpha value is -0.670. The molecular formula is C11H13BrFN. The molecule has 1 aromatic rings. The van der Waals surface area contributed by atoms with E-state index in [9.17, 15) is 4.39 Å². The van der Waals surface area contributed by atoms with E-state index in [1.165, 1.54) is 6.07 Å². The first-order valence-corrected chi connectivity index (χ1v) is 5.23. The molecule has 0 saturated heterocycles. The van der Waals surface area contributed by atoms with Gasteiger partial charge in [-0.05, 0) is 40.5 Å². The number of halogens is 2. The van der Waals surface area contributed by atoms with Crippen molar-refractivity contribution in [2.24, 2.45) is 0 Å². The molecule has 1 nitrogen and oxygen atoms in total. The number of rotatable bonds is 4. The molecule has 1 N–H and O–H groups in total. The van der Waals surface area contributed by atoms with Crippen LogP contribution in [0.15, 0.2) is 35.3 Å². The van der Waals surface area contributed by atoms with Gasteiger partial charge in [0, 0.05) is 12.6 Å². The van der Waals surface area contributed by atoms with Crippen LogP contribution >= 0.6 is 15.9 Å². The van der Waals surface area contributed by atoms with Gasteiger partial charge in [0.2, 0.25) is 0 Å². The van der Waals surface area contributed by atoms with Gasteiger partial charge < -0.3 is 5.32 Å². The van der Waals surface area contributed by atoms with Gasteiger partial charge in [0.05, 0.1) is 4.47 Å². The Bertz CT molecular complexity index is 325. The highest BCUT2D eigenvalue weighted by Crippen LogP contribution is 2.20. The van der Waals surface area contributed by atoms with Crippen LogP contribution in [0.1, 0.15) is 18.5 Å². The van der Waals surface area contributed by atoms with Crippen LogP contribution in [-0.2, 0) is 0 Å². The number of hydrogen-bond donors (Lipinski definition) is 1. The molecule has 1 rings (SSSR count). The summed E-state index contributed by atoms with van der Waals surface area (Å²) in [6, 6.07) is 5.23. The standard InChI is InChI=1S/C11H13BrFN/c1-3-6-14-8(2)9-4-5-11(13)10(12)7-9/h3-5,7-8,14H,1,6H2,2H3. The molecule has 1 atom stereocenters. The first-order chi connectivity index (χ1) is 6.65. The maximum absolute atomic E-state index is 12.9. The Labute approximate surface area is 92.1 Å². The average molecular weight is 258 g/mol. The maximum atomic E-state index is 12.9. The lowest BCUT2D eigenvalue weighted by Gasteiger charge is -2.13. The predicted octanol–water partition coefficient (Wildman–Crippen LogP) is 3.42. The second kappa shape index (κ2) is 5.27. The van der Waals surface area contributed by atoms with E-state index in [0.717, 1.165) is 12.1 Å². The van der Waals surface area contributed by atoms with E-state index in [1.54, 1.807) is 18.2 Å². The molecule has 1 unspecified atom stereocenters. The smallest absolute Gasteiger partial charge is 0.137 e. The SMILES string of the molecule is C=CCNC(C)c1ccc(F)c(Br)c1. The molecule has 0 heterocycles. The monoisotopic (exact) mass is 257 g/mol. The highest BCUT2D eigenvalue weighted by Gasteiger charge is 2.06. The first-order valence-electron chi connectivity index (χ1n) is 4.44. The van der Waals surface area contributed by atoms with E-state index in [4.69, 9.17) is 0 Å². The molecule has 3 heteroatoms. The zero-order valence-corrected chi connectivity index (χ0v) is 9.64.